The first-order chi connectivity index (χ1) is 9.99. The van der Waals surface area contributed by atoms with E-state index in [9.17, 15) is 0 Å². The van der Waals surface area contributed by atoms with Gasteiger partial charge in [-0.3, -0.25) is 0 Å². The van der Waals surface area contributed by atoms with Crippen LogP contribution in [0.2, 0.25) is 0 Å². The second-order valence-electron chi connectivity index (χ2n) is 5.69. The molecule has 0 fully saturated rings. The molecule has 0 spiro atoms. The summed E-state index contributed by atoms with van der Waals surface area (Å²) in [5.74, 6) is 0.887. The standard InChI is InChI=1S/C16H28N4S/c1-6-7-14-15(20-16(21-14)19-10-17)12(4)13(5)18-9-8-11(2)3/h10-12,18H,5-9H2,1-4H3,(H2,17,19,20). The van der Waals surface area contributed by atoms with Crippen molar-refractivity contribution in [2.24, 2.45) is 16.6 Å². The lowest BCUT2D eigenvalue weighted by Crippen LogP contribution is -2.20. The monoisotopic (exact) mass is 308 g/mol. The smallest absolute Gasteiger partial charge is 0.210 e. The summed E-state index contributed by atoms with van der Waals surface area (Å²) in [4.78, 5) is 10.0. The largest absolute Gasteiger partial charge is 0.390 e. The Morgan fingerprint density at radius 3 is 2.76 bits per heavy atom. The molecule has 1 atom stereocenters. The van der Waals surface area contributed by atoms with E-state index < -0.39 is 0 Å². The first-order valence-electron chi connectivity index (χ1n) is 7.66. The maximum atomic E-state index is 5.37. The molecule has 3 N–H and O–H groups in total. The molecule has 0 aliphatic rings. The van der Waals surface area contributed by atoms with E-state index in [0.29, 0.717) is 5.92 Å². The molecule has 118 valence electrons. The number of thiazole rings is 1. The van der Waals surface area contributed by atoms with Crippen molar-refractivity contribution >= 4 is 22.8 Å². The molecule has 0 bridgehead atoms. The van der Waals surface area contributed by atoms with E-state index >= 15 is 0 Å². The van der Waals surface area contributed by atoms with Crippen LogP contribution in [0.15, 0.2) is 17.3 Å². The zero-order chi connectivity index (χ0) is 15.8. The molecule has 1 aromatic rings. The number of aliphatic imine (C=N–C) groups is 1. The van der Waals surface area contributed by atoms with Crippen LogP contribution in [0.25, 0.3) is 0 Å². The van der Waals surface area contributed by atoms with Crippen molar-refractivity contribution in [3.63, 3.8) is 0 Å². The molecular formula is C16H28N4S. The van der Waals surface area contributed by atoms with Crippen LogP contribution in [0.4, 0.5) is 5.13 Å². The molecule has 0 amide bonds. The molecule has 1 heterocycles. The Balaban J connectivity index is 2.79. The molecule has 0 radical (unpaired) electrons. The van der Waals surface area contributed by atoms with Gasteiger partial charge in [-0.2, -0.15) is 0 Å². The Bertz CT molecular complexity index is 477. The number of hydrogen-bond acceptors (Lipinski definition) is 4. The number of hydrogen-bond donors (Lipinski definition) is 2. The van der Waals surface area contributed by atoms with Crippen LogP contribution in [0.5, 0.6) is 0 Å². The molecule has 21 heavy (non-hydrogen) atoms. The van der Waals surface area contributed by atoms with Crippen molar-refractivity contribution in [3.05, 3.63) is 22.8 Å². The average molecular weight is 308 g/mol. The SMILES string of the molecule is C=C(NCCC(C)C)C(C)c1nc(/N=C/N)sc1CCC. The van der Waals surface area contributed by atoms with Crippen LogP contribution in [0.1, 0.15) is 57.0 Å². The first kappa shape index (κ1) is 17.7. The van der Waals surface area contributed by atoms with E-state index in [2.05, 4.69) is 49.6 Å². The predicted octanol–water partition coefficient (Wildman–Crippen LogP) is 3.97. The highest BCUT2D eigenvalue weighted by molar-refractivity contribution is 7.15. The van der Waals surface area contributed by atoms with Gasteiger partial charge in [-0.1, -0.05) is 52.0 Å². The van der Waals surface area contributed by atoms with Crippen LogP contribution < -0.4 is 11.1 Å². The molecule has 0 saturated heterocycles. The Kier molecular flexibility index (Phi) is 7.43. The molecule has 0 aliphatic heterocycles. The maximum absolute atomic E-state index is 5.37. The van der Waals surface area contributed by atoms with Gasteiger partial charge in [-0.25, -0.2) is 9.98 Å². The summed E-state index contributed by atoms with van der Waals surface area (Å²) in [5, 5.41) is 4.16. The van der Waals surface area contributed by atoms with Gasteiger partial charge >= 0.3 is 0 Å². The summed E-state index contributed by atoms with van der Waals surface area (Å²) in [6.45, 7) is 13.9. The average Bonchev–Trinajstić information content (AvgIpc) is 2.81. The highest BCUT2D eigenvalue weighted by Crippen LogP contribution is 2.33. The number of rotatable bonds is 9. The zero-order valence-electron chi connectivity index (χ0n) is 13.6. The Labute approximate surface area is 132 Å². The Morgan fingerprint density at radius 2 is 2.19 bits per heavy atom. The fourth-order valence-corrected chi connectivity index (χ4v) is 3.16. The normalized spacial score (nSPS) is 13.0. The van der Waals surface area contributed by atoms with Gasteiger partial charge in [0.15, 0.2) is 0 Å². The van der Waals surface area contributed by atoms with Crippen molar-refractivity contribution in [1.82, 2.24) is 10.3 Å². The Morgan fingerprint density at radius 1 is 1.48 bits per heavy atom. The van der Waals surface area contributed by atoms with Gasteiger partial charge in [0.25, 0.3) is 0 Å². The van der Waals surface area contributed by atoms with Crippen molar-refractivity contribution in [3.8, 4) is 0 Å². The summed E-state index contributed by atoms with van der Waals surface area (Å²) in [5.41, 5.74) is 7.49. The van der Waals surface area contributed by atoms with Gasteiger partial charge in [0, 0.05) is 23.0 Å². The molecule has 1 unspecified atom stereocenters. The van der Waals surface area contributed by atoms with Crippen LogP contribution in [0, 0.1) is 5.92 Å². The van der Waals surface area contributed by atoms with Gasteiger partial charge < -0.3 is 11.1 Å². The third-order valence-electron chi connectivity index (χ3n) is 3.38. The fraction of sp³-hybridized carbons (Fsp3) is 0.625. The van der Waals surface area contributed by atoms with Crippen molar-refractivity contribution < 1.29 is 0 Å². The molecule has 0 aliphatic carbocycles. The van der Waals surface area contributed by atoms with Gasteiger partial charge in [-0.15, -0.1) is 0 Å². The second-order valence-corrected chi connectivity index (χ2v) is 6.75. The van der Waals surface area contributed by atoms with E-state index in [4.69, 9.17) is 5.73 Å². The summed E-state index contributed by atoms with van der Waals surface area (Å²) >= 11 is 1.63. The molecule has 0 aromatic carbocycles. The van der Waals surface area contributed by atoms with Crippen LogP contribution in [-0.4, -0.2) is 17.9 Å². The molecule has 5 heteroatoms. The number of aryl methyl sites for hydroxylation is 1. The van der Waals surface area contributed by atoms with Crippen molar-refractivity contribution in [1.29, 1.82) is 0 Å². The quantitative estimate of drug-likeness (QED) is 0.536. The minimum absolute atomic E-state index is 0.191. The van der Waals surface area contributed by atoms with E-state index in [1.54, 1.807) is 11.3 Å². The fourth-order valence-electron chi connectivity index (χ4n) is 2.05. The molecule has 1 aromatic heterocycles. The number of nitrogens with one attached hydrogen (secondary N) is 1. The van der Waals surface area contributed by atoms with E-state index in [-0.39, 0.29) is 5.92 Å². The minimum Gasteiger partial charge on any atom is -0.390 e. The van der Waals surface area contributed by atoms with Crippen LogP contribution >= 0.6 is 11.3 Å². The Hall–Kier alpha value is -1.36. The summed E-state index contributed by atoms with van der Waals surface area (Å²) in [6, 6.07) is 0. The molecule has 0 saturated carbocycles. The molecular weight excluding hydrogens is 280 g/mol. The van der Waals surface area contributed by atoms with E-state index in [1.807, 2.05) is 0 Å². The number of nitrogens with zero attached hydrogens (tertiary/aromatic N) is 2. The lowest BCUT2D eigenvalue weighted by molar-refractivity contribution is 0.553. The summed E-state index contributed by atoms with van der Waals surface area (Å²) in [7, 11) is 0. The topological polar surface area (TPSA) is 63.3 Å². The van der Waals surface area contributed by atoms with Gasteiger partial charge in [0.1, 0.15) is 0 Å². The molecule has 4 nitrogen and oxygen atoms in total. The zero-order valence-corrected chi connectivity index (χ0v) is 14.5. The van der Waals surface area contributed by atoms with Crippen LogP contribution in [-0.2, 0) is 6.42 Å². The van der Waals surface area contributed by atoms with Crippen molar-refractivity contribution in [2.75, 3.05) is 6.54 Å². The summed E-state index contributed by atoms with van der Waals surface area (Å²) < 4.78 is 0. The highest BCUT2D eigenvalue weighted by Gasteiger charge is 2.18. The van der Waals surface area contributed by atoms with Gasteiger partial charge in [-0.05, 0) is 18.8 Å². The van der Waals surface area contributed by atoms with E-state index in [0.717, 1.165) is 42.3 Å². The second kappa shape index (κ2) is 8.82. The third kappa shape index (κ3) is 5.50. The minimum atomic E-state index is 0.191. The third-order valence-corrected chi connectivity index (χ3v) is 4.42. The number of allylic oxidation sites excluding steroid dienone is 1. The highest BCUT2D eigenvalue weighted by atomic mass is 32.1. The number of nitrogens with two attached hydrogens (primary N) is 1. The van der Waals surface area contributed by atoms with Crippen molar-refractivity contribution in [2.45, 2.75) is 52.9 Å². The lowest BCUT2D eigenvalue weighted by atomic mass is 10.0. The van der Waals surface area contributed by atoms with Gasteiger partial charge in [0.05, 0.1) is 12.0 Å². The summed E-state index contributed by atoms with van der Waals surface area (Å²) in [6.07, 6.45) is 4.57. The first-order valence-corrected chi connectivity index (χ1v) is 8.47. The number of aromatic nitrogens is 1. The van der Waals surface area contributed by atoms with Gasteiger partial charge in [0.2, 0.25) is 5.13 Å². The lowest BCUT2D eigenvalue weighted by Gasteiger charge is -2.17. The van der Waals surface area contributed by atoms with E-state index in [1.165, 1.54) is 11.2 Å². The van der Waals surface area contributed by atoms with Crippen LogP contribution in [0.3, 0.4) is 0 Å². The maximum Gasteiger partial charge on any atom is 0.210 e. The molecule has 1 rings (SSSR count). The predicted molar refractivity (Wildman–Crippen MR) is 93.5 cm³/mol.